The molecular weight excluding hydrogens is 432 g/mol. The number of hydrazone groups is 1. The van der Waals surface area contributed by atoms with Crippen molar-refractivity contribution in [3.8, 4) is 5.75 Å². The fourth-order valence-electron chi connectivity index (χ4n) is 2.90. The van der Waals surface area contributed by atoms with Crippen molar-refractivity contribution in [3.05, 3.63) is 98.9 Å². The van der Waals surface area contributed by atoms with Crippen LogP contribution >= 0.6 is 15.9 Å². The summed E-state index contributed by atoms with van der Waals surface area (Å²) >= 11 is 3.23. The Bertz CT molecular complexity index is 1220. The molecule has 0 spiro atoms. The third-order valence-electron chi connectivity index (χ3n) is 4.34. The Morgan fingerprint density at radius 1 is 1.07 bits per heavy atom. The fourth-order valence-corrected chi connectivity index (χ4v) is 3.18. The minimum atomic E-state index is -0.331. The minimum Gasteiger partial charge on any atom is -0.488 e. The largest absolute Gasteiger partial charge is 0.488 e. The number of hydrogen-bond acceptors (Lipinski definition) is 5. The molecule has 29 heavy (non-hydrogen) atoms. The highest BCUT2D eigenvalue weighted by atomic mass is 79.9. The maximum absolute atomic E-state index is 11.6. The number of nitrogens with one attached hydrogen (secondary N) is 2. The monoisotopic (exact) mass is 448 g/mol. The van der Waals surface area contributed by atoms with Gasteiger partial charge in [0.1, 0.15) is 16.8 Å². The van der Waals surface area contributed by atoms with Crippen molar-refractivity contribution in [2.45, 2.75) is 6.61 Å². The van der Waals surface area contributed by atoms with Crippen LogP contribution < -0.4 is 15.7 Å². The summed E-state index contributed by atoms with van der Waals surface area (Å²) in [6.45, 7) is 0.455. The summed E-state index contributed by atoms with van der Waals surface area (Å²) in [7, 11) is 0. The van der Waals surface area contributed by atoms with Gasteiger partial charge >= 0.3 is 0 Å². The number of aromatic amines is 1. The molecule has 0 aliphatic carbocycles. The van der Waals surface area contributed by atoms with Crippen LogP contribution in [0.15, 0.2) is 87.3 Å². The van der Waals surface area contributed by atoms with Gasteiger partial charge in [-0.1, -0.05) is 60.7 Å². The van der Waals surface area contributed by atoms with E-state index >= 15 is 0 Å². The second kappa shape index (κ2) is 8.70. The number of hydrogen-bond donors (Lipinski definition) is 2. The van der Waals surface area contributed by atoms with E-state index < -0.39 is 0 Å². The quantitative estimate of drug-likeness (QED) is 0.330. The topological polar surface area (TPSA) is 79.4 Å². The molecule has 0 saturated carbocycles. The van der Waals surface area contributed by atoms with Crippen LogP contribution in [0.5, 0.6) is 5.75 Å². The van der Waals surface area contributed by atoms with Gasteiger partial charge in [-0.2, -0.15) is 10.2 Å². The van der Waals surface area contributed by atoms with E-state index in [4.69, 9.17) is 4.74 Å². The molecule has 0 saturated heterocycles. The van der Waals surface area contributed by atoms with Crippen molar-refractivity contribution in [2.24, 2.45) is 5.10 Å². The van der Waals surface area contributed by atoms with Crippen molar-refractivity contribution < 1.29 is 4.74 Å². The van der Waals surface area contributed by atoms with Crippen molar-refractivity contribution in [1.29, 1.82) is 0 Å². The number of nitrogens with zero attached hydrogens (tertiary/aromatic N) is 2. The maximum Gasteiger partial charge on any atom is 0.280 e. The molecule has 6 nitrogen and oxygen atoms in total. The molecule has 0 bridgehead atoms. The van der Waals surface area contributed by atoms with Crippen LogP contribution in [0.25, 0.3) is 10.8 Å². The zero-order valence-electron chi connectivity index (χ0n) is 15.3. The summed E-state index contributed by atoms with van der Waals surface area (Å²) in [4.78, 5) is 11.6. The highest BCUT2D eigenvalue weighted by Gasteiger charge is 2.08. The molecule has 144 valence electrons. The van der Waals surface area contributed by atoms with Gasteiger partial charge in [0, 0.05) is 5.56 Å². The summed E-state index contributed by atoms with van der Waals surface area (Å²) in [6, 6.07) is 22.0. The summed E-state index contributed by atoms with van der Waals surface area (Å²) in [5, 5.41) is 12.5. The lowest BCUT2D eigenvalue weighted by Crippen LogP contribution is -2.10. The van der Waals surface area contributed by atoms with Crippen LogP contribution in [-0.4, -0.2) is 16.4 Å². The normalized spacial score (nSPS) is 11.1. The first-order chi connectivity index (χ1) is 14.2. The molecule has 0 aliphatic heterocycles. The van der Waals surface area contributed by atoms with Crippen LogP contribution in [0.2, 0.25) is 0 Å². The van der Waals surface area contributed by atoms with Gasteiger partial charge in [0.25, 0.3) is 5.56 Å². The number of fused-ring (bicyclic) bond motifs is 1. The Balaban J connectivity index is 1.65. The number of aromatic nitrogens is 2. The van der Waals surface area contributed by atoms with Gasteiger partial charge in [0.05, 0.1) is 18.1 Å². The van der Waals surface area contributed by atoms with E-state index in [1.54, 1.807) is 6.21 Å². The number of H-pyrrole nitrogens is 1. The van der Waals surface area contributed by atoms with Crippen LogP contribution in [0.1, 0.15) is 11.1 Å². The zero-order chi connectivity index (χ0) is 20.1. The fraction of sp³-hybridized carbons (Fsp3) is 0.0455. The molecule has 7 heteroatoms. The van der Waals surface area contributed by atoms with Crippen LogP contribution in [0.4, 0.5) is 5.69 Å². The smallest absolute Gasteiger partial charge is 0.280 e. The van der Waals surface area contributed by atoms with Crippen molar-refractivity contribution >= 4 is 38.6 Å². The molecule has 0 aliphatic rings. The molecule has 1 heterocycles. The van der Waals surface area contributed by atoms with Crippen LogP contribution in [0, 0.1) is 0 Å². The first kappa shape index (κ1) is 18.9. The highest BCUT2D eigenvalue weighted by molar-refractivity contribution is 9.10. The first-order valence-electron chi connectivity index (χ1n) is 8.93. The Hall–Kier alpha value is -3.45. The Labute approximate surface area is 175 Å². The SMILES string of the molecule is O=c1[nH]ncc(NN=Cc2c(OCc3ccccc3)ccc3ccccc23)c1Br. The van der Waals surface area contributed by atoms with Gasteiger partial charge in [0.15, 0.2) is 0 Å². The predicted octanol–water partition coefficient (Wildman–Crippen LogP) is 4.71. The molecule has 0 fully saturated rings. The van der Waals surface area contributed by atoms with E-state index in [0.717, 1.165) is 27.6 Å². The lowest BCUT2D eigenvalue weighted by Gasteiger charge is -2.12. The second-order valence-corrected chi connectivity index (χ2v) is 7.06. The van der Waals surface area contributed by atoms with Gasteiger partial charge < -0.3 is 4.74 Å². The van der Waals surface area contributed by atoms with Crippen LogP contribution in [0.3, 0.4) is 0 Å². The molecule has 4 rings (SSSR count). The molecule has 0 radical (unpaired) electrons. The summed E-state index contributed by atoms with van der Waals surface area (Å²) in [5.41, 5.74) is 4.92. The van der Waals surface area contributed by atoms with E-state index in [9.17, 15) is 4.79 Å². The van der Waals surface area contributed by atoms with E-state index in [-0.39, 0.29) is 5.56 Å². The summed E-state index contributed by atoms with van der Waals surface area (Å²) in [6.07, 6.45) is 3.18. The van der Waals surface area contributed by atoms with E-state index in [0.29, 0.717) is 16.8 Å². The highest BCUT2D eigenvalue weighted by Crippen LogP contribution is 2.27. The van der Waals surface area contributed by atoms with E-state index in [2.05, 4.69) is 36.7 Å². The van der Waals surface area contributed by atoms with Gasteiger partial charge in [0.2, 0.25) is 0 Å². The maximum atomic E-state index is 11.6. The molecule has 0 unspecified atom stereocenters. The zero-order valence-corrected chi connectivity index (χ0v) is 16.9. The Morgan fingerprint density at radius 3 is 2.72 bits per heavy atom. The molecular formula is C22H17BrN4O2. The van der Waals surface area contributed by atoms with Gasteiger partial charge in [-0.15, -0.1) is 0 Å². The third-order valence-corrected chi connectivity index (χ3v) is 5.13. The lowest BCUT2D eigenvalue weighted by atomic mass is 10.0. The molecule has 0 atom stereocenters. The lowest BCUT2D eigenvalue weighted by molar-refractivity contribution is 0.306. The van der Waals surface area contributed by atoms with E-state index in [1.807, 2.05) is 66.7 Å². The molecule has 2 N–H and O–H groups in total. The summed E-state index contributed by atoms with van der Waals surface area (Å²) < 4.78 is 6.42. The Morgan fingerprint density at radius 2 is 1.86 bits per heavy atom. The van der Waals surface area contributed by atoms with Gasteiger partial charge in [-0.3, -0.25) is 10.2 Å². The molecule has 3 aromatic carbocycles. The molecule has 4 aromatic rings. The van der Waals surface area contributed by atoms with Crippen molar-refractivity contribution in [2.75, 3.05) is 5.43 Å². The molecule has 0 amide bonds. The van der Waals surface area contributed by atoms with Crippen molar-refractivity contribution in [3.63, 3.8) is 0 Å². The number of benzene rings is 3. The number of ether oxygens (including phenoxy) is 1. The molecule has 1 aromatic heterocycles. The average molecular weight is 449 g/mol. The summed E-state index contributed by atoms with van der Waals surface area (Å²) in [5.74, 6) is 0.723. The number of anilines is 1. The number of halogens is 1. The third kappa shape index (κ3) is 4.35. The van der Waals surface area contributed by atoms with E-state index in [1.165, 1.54) is 6.20 Å². The Kier molecular flexibility index (Phi) is 5.67. The van der Waals surface area contributed by atoms with Gasteiger partial charge in [-0.05, 0) is 38.3 Å². The number of rotatable bonds is 6. The first-order valence-corrected chi connectivity index (χ1v) is 9.72. The van der Waals surface area contributed by atoms with Crippen LogP contribution in [-0.2, 0) is 6.61 Å². The van der Waals surface area contributed by atoms with Gasteiger partial charge in [-0.25, -0.2) is 5.10 Å². The standard InChI is InChI=1S/C22H17BrN4O2/c23-21-19(13-25-27-22(21)28)26-24-12-18-17-9-5-4-8-16(17)10-11-20(18)29-14-15-6-2-1-3-7-15/h1-13H,14H2,(H2,26,27,28). The minimum absolute atomic E-state index is 0.331. The average Bonchev–Trinajstić information content (AvgIpc) is 2.76. The predicted molar refractivity (Wildman–Crippen MR) is 118 cm³/mol. The second-order valence-electron chi connectivity index (χ2n) is 6.27. The van der Waals surface area contributed by atoms with Crippen molar-refractivity contribution in [1.82, 2.24) is 10.2 Å².